The van der Waals surface area contributed by atoms with Gasteiger partial charge in [-0.25, -0.2) is 4.68 Å². The molecule has 0 radical (unpaired) electrons. The monoisotopic (exact) mass is 402 g/mol. The van der Waals surface area contributed by atoms with Crippen molar-refractivity contribution in [1.29, 1.82) is 0 Å². The number of ether oxygens (including phenoxy) is 1. The molecule has 1 aromatic rings. The van der Waals surface area contributed by atoms with Gasteiger partial charge >= 0.3 is 6.18 Å². The van der Waals surface area contributed by atoms with Crippen LogP contribution in [0, 0.1) is 5.41 Å². The maximum absolute atomic E-state index is 13.8. The third kappa shape index (κ3) is 4.14. The number of carbonyl (C=O) groups is 1. The van der Waals surface area contributed by atoms with Gasteiger partial charge in [-0.2, -0.15) is 18.3 Å². The van der Waals surface area contributed by atoms with E-state index in [4.69, 9.17) is 4.74 Å². The molecule has 3 rings (SSSR count). The van der Waals surface area contributed by atoms with E-state index in [-0.39, 0.29) is 36.4 Å². The molecule has 3 atom stereocenters. The molecule has 9 heteroatoms. The number of amides is 1. The van der Waals surface area contributed by atoms with Gasteiger partial charge in [0.1, 0.15) is 12.4 Å². The lowest BCUT2D eigenvalue weighted by Gasteiger charge is -2.39. The SMILES string of the molecule is COCC(=O)N1CCCC[C@@H]1c1cc2n(n1)[C@@H](C(F)(F)F)C[C@@H](C(C)(C)C)N2. The van der Waals surface area contributed by atoms with Crippen LogP contribution in [-0.4, -0.2) is 53.1 Å². The highest BCUT2D eigenvalue weighted by atomic mass is 19.4. The molecule has 1 N–H and O–H groups in total. The summed E-state index contributed by atoms with van der Waals surface area (Å²) in [4.78, 5) is 14.1. The molecule has 3 heterocycles. The fraction of sp³-hybridized carbons (Fsp3) is 0.789. The van der Waals surface area contributed by atoms with Crippen molar-refractivity contribution in [3.63, 3.8) is 0 Å². The second-order valence-corrected chi connectivity index (χ2v) is 8.79. The summed E-state index contributed by atoms with van der Waals surface area (Å²) in [6.45, 7) is 6.31. The minimum Gasteiger partial charge on any atom is -0.375 e. The highest BCUT2D eigenvalue weighted by molar-refractivity contribution is 5.78. The summed E-state index contributed by atoms with van der Waals surface area (Å²) in [5.74, 6) is 0.208. The molecule has 158 valence electrons. The first-order valence-electron chi connectivity index (χ1n) is 9.73. The van der Waals surface area contributed by atoms with Crippen molar-refractivity contribution < 1.29 is 22.7 Å². The maximum atomic E-state index is 13.8. The first-order valence-corrected chi connectivity index (χ1v) is 9.73. The van der Waals surface area contributed by atoms with Crippen molar-refractivity contribution in [3.05, 3.63) is 11.8 Å². The lowest BCUT2D eigenvalue weighted by molar-refractivity contribution is -0.175. The predicted octanol–water partition coefficient (Wildman–Crippen LogP) is 3.92. The Morgan fingerprint density at radius 2 is 2.04 bits per heavy atom. The van der Waals surface area contributed by atoms with E-state index in [9.17, 15) is 18.0 Å². The molecule has 0 unspecified atom stereocenters. The molecule has 0 aliphatic carbocycles. The molecule has 0 bridgehead atoms. The van der Waals surface area contributed by atoms with Gasteiger partial charge in [-0.05, 0) is 31.1 Å². The molecule has 0 spiro atoms. The predicted molar refractivity (Wildman–Crippen MR) is 99.0 cm³/mol. The molecule has 1 fully saturated rings. The third-order valence-electron chi connectivity index (χ3n) is 5.69. The Morgan fingerprint density at radius 3 is 2.64 bits per heavy atom. The Morgan fingerprint density at radius 1 is 1.32 bits per heavy atom. The van der Waals surface area contributed by atoms with Crippen LogP contribution in [0.25, 0.3) is 0 Å². The van der Waals surface area contributed by atoms with Gasteiger partial charge in [0.25, 0.3) is 0 Å². The van der Waals surface area contributed by atoms with Crippen molar-refractivity contribution in [2.45, 2.75) is 70.8 Å². The van der Waals surface area contributed by atoms with Crippen LogP contribution < -0.4 is 5.32 Å². The van der Waals surface area contributed by atoms with Gasteiger partial charge in [0.2, 0.25) is 5.91 Å². The average Bonchev–Trinajstić information content (AvgIpc) is 3.03. The molecule has 6 nitrogen and oxygen atoms in total. The number of anilines is 1. The summed E-state index contributed by atoms with van der Waals surface area (Å²) >= 11 is 0. The summed E-state index contributed by atoms with van der Waals surface area (Å²) in [6.07, 6.45) is -2.00. The number of carbonyl (C=O) groups excluding carboxylic acids is 1. The van der Waals surface area contributed by atoms with Crippen LogP contribution in [0.2, 0.25) is 0 Å². The Kier molecular flexibility index (Phi) is 5.67. The van der Waals surface area contributed by atoms with E-state index in [1.54, 1.807) is 11.0 Å². The van der Waals surface area contributed by atoms with Crippen molar-refractivity contribution in [1.82, 2.24) is 14.7 Å². The third-order valence-corrected chi connectivity index (χ3v) is 5.69. The van der Waals surface area contributed by atoms with Crippen LogP contribution in [0.1, 0.15) is 64.2 Å². The number of aromatic nitrogens is 2. The van der Waals surface area contributed by atoms with Crippen LogP contribution in [0.3, 0.4) is 0 Å². The molecule has 28 heavy (non-hydrogen) atoms. The number of nitrogens with zero attached hydrogens (tertiary/aromatic N) is 3. The number of likely N-dealkylation sites (tertiary alicyclic amines) is 1. The fourth-order valence-electron chi connectivity index (χ4n) is 4.07. The minimum atomic E-state index is -4.39. The van der Waals surface area contributed by atoms with Gasteiger partial charge < -0.3 is 15.0 Å². The van der Waals surface area contributed by atoms with E-state index in [1.807, 2.05) is 20.8 Å². The van der Waals surface area contributed by atoms with Gasteiger partial charge in [-0.15, -0.1) is 0 Å². The number of hydrogen-bond donors (Lipinski definition) is 1. The summed E-state index contributed by atoms with van der Waals surface area (Å²) < 4.78 is 47.3. The average molecular weight is 402 g/mol. The maximum Gasteiger partial charge on any atom is 0.410 e. The second kappa shape index (κ2) is 7.57. The Hall–Kier alpha value is -1.77. The number of nitrogens with one attached hydrogen (secondary N) is 1. The van der Waals surface area contributed by atoms with Crippen molar-refractivity contribution in [2.24, 2.45) is 5.41 Å². The summed E-state index contributed by atoms with van der Waals surface area (Å²) in [5, 5.41) is 7.57. The van der Waals surface area contributed by atoms with E-state index in [1.165, 1.54) is 7.11 Å². The zero-order valence-corrected chi connectivity index (χ0v) is 16.8. The summed E-state index contributed by atoms with van der Waals surface area (Å²) in [6, 6.07) is -0.639. The summed E-state index contributed by atoms with van der Waals surface area (Å²) in [7, 11) is 1.46. The van der Waals surface area contributed by atoms with Crippen LogP contribution in [-0.2, 0) is 9.53 Å². The first kappa shape index (κ1) is 21.0. The van der Waals surface area contributed by atoms with Gasteiger partial charge in [0.05, 0.1) is 11.7 Å². The summed E-state index contributed by atoms with van der Waals surface area (Å²) in [5.41, 5.74) is 0.181. The number of halogens is 3. The Balaban J connectivity index is 1.95. The van der Waals surface area contributed by atoms with E-state index >= 15 is 0 Å². The van der Waals surface area contributed by atoms with Gasteiger partial charge in [0, 0.05) is 25.8 Å². The number of fused-ring (bicyclic) bond motifs is 1. The topological polar surface area (TPSA) is 59.4 Å². The number of alkyl halides is 3. The highest BCUT2D eigenvalue weighted by Crippen LogP contribution is 2.44. The zero-order valence-electron chi connectivity index (χ0n) is 16.8. The molecular weight excluding hydrogens is 373 g/mol. The van der Waals surface area contributed by atoms with Gasteiger partial charge in [-0.3, -0.25) is 4.79 Å². The second-order valence-electron chi connectivity index (χ2n) is 8.79. The number of rotatable bonds is 3. The highest BCUT2D eigenvalue weighted by Gasteiger charge is 2.48. The Bertz CT molecular complexity index is 711. The smallest absolute Gasteiger partial charge is 0.375 e. The molecule has 1 saturated heterocycles. The lowest BCUT2D eigenvalue weighted by atomic mass is 9.82. The minimum absolute atomic E-state index is 0.0421. The van der Waals surface area contributed by atoms with Gasteiger partial charge in [0.15, 0.2) is 6.04 Å². The van der Waals surface area contributed by atoms with Crippen molar-refractivity contribution in [2.75, 3.05) is 25.6 Å². The van der Waals surface area contributed by atoms with Crippen LogP contribution in [0.5, 0.6) is 0 Å². The van der Waals surface area contributed by atoms with E-state index in [0.717, 1.165) is 17.5 Å². The van der Waals surface area contributed by atoms with E-state index in [2.05, 4.69) is 10.4 Å². The molecular formula is C19H29F3N4O2. The number of methoxy groups -OCH3 is 1. The number of piperidine rings is 1. The largest absolute Gasteiger partial charge is 0.410 e. The molecule has 2 aliphatic heterocycles. The molecule has 1 amide bonds. The molecule has 1 aromatic heterocycles. The number of hydrogen-bond acceptors (Lipinski definition) is 4. The van der Waals surface area contributed by atoms with Crippen LogP contribution in [0.4, 0.5) is 19.0 Å². The van der Waals surface area contributed by atoms with Crippen LogP contribution >= 0.6 is 0 Å². The Labute approximate surface area is 163 Å². The lowest BCUT2D eigenvalue weighted by Crippen LogP contribution is -2.45. The van der Waals surface area contributed by atoms with Crippen molar-refractivity contribution in [3.8, 4) is 0 Å². The fourth-order valence-corrected chi connectivity index (χ4v) is 4.07. The first-order chi connectivity index (χ1) is 13.0. The quantitative estimate of drug-likeness (QED) is 0.833. The molecule has 0 saturated carbocycles. The normalized spacial score (nSPS) is 26.0. The van der Waals surface area contributed by atoms with Gasteiger partial charge in [-0.1, -0.05) is 20.8 Å². The van der Waals surface area contributed by atoms with Crippen LogP contribution in [0.15, 0.2) is 6.07 Å². The zero-order chi connectivity index (χ0) is 20.7. The molecule has 0 aromatic carbocycles. The standard InChI is InChI=1S/C19H29F3N4O2/c1-18(2,3)14-10-15(19(20,21)22)26-16(23-14)9-12(24-26)13-7-5-6-8-25(13)17(27)11-28-4/h9,13-15,23H,5-8,10-11H2,1-4H3/t13-,14+,15-/m1/s1. The molecule has 2 aliphatic rings. The van der Waals surface area contributed by atoms with E-state index < -0.39 is 12.2 Å². The van der Waals surface area contributed by atoms with E-state index in [0.29, 0.717) is 24.5 Å². The van der Waals surface area contributed by atoms with Crippen molar-refractivity contribution >= 4 is 11.7 Å².